The van der Waals surface area contributed by atoms with E-state index in [1.807, 2.05) is 0 Å². The minimum absolute atomic E-state index is 0.114. The molecule has 0 bridgehead atoms. The number of nitrogens with zero attached hydrogens (tertiary/aromatic N) is 2. The Balaban J connectivity index is 1.71. The zero-order valence-electron chi connectivity index (χ0n) is 9.55. The third-order valence-corrected chi connectivity index (χ3v) is 2.87. The van der Waals surface area contributed by atoms with Crippen LogP contribution in [0.2, 0.25) is 0 Å². The molecule has 1 heterocycles. The van der Waals surface area contributed by atoms with Gasteiger partial charge >= 0.3 is 11.9 Å². The van der Waals surface area contributed by atoms with Gasteiger partial charge in [-0.05, 0) is 37.4 Å². The van der Waals surface area contributed by atoms with Gasteiger partial charge in [0, 0.05) is 0 Å². The van der Waals surface area contributed by atoms with Gasteiger partial charge in [-0.3, -0.25) is 0 Å². The zero-order valence-corrected chi connectivity index (χ0v) is 10.4. The van der Waals surface area contributed by atoms with Crippen LogP contribution in [-0.4, -0.2) is 35.3 Å². The second-order valence-corrected chi connectivity index (χ2v) is 4.54. The predicted molar refractivity (Wildman–Crippen MR) is 59.7 cm³/mol. The Morgan fingerprint density at radius 3 is 3.06 bits per heavy atom. The van der Waals surface area contributed by atoms with Crippen molar-refractivity contribution >= 4 is 17.7 Å². The van der Waals surface area contributed by atoms with E-state index in [-0.39, 0.29) is 12.5 Å². The van der Waals surface area contributed by atoms with Crippen molar-refractivity contribution < 1.29 is 18.7 Å². The van der Waals surface area contributed by atoms with Crippen LogP contribution in [0.15, 0.2) is 9.64 Å². The van der Waals surface area contributed by atoms with Crippen LogP contribution in [-0.2, 0) is 9.47 Å². The molecular formula is C10H14N2O4S. The van der Waals surface area contributed by atoms with Crippen LogP contribution < -0.4 is 0 Å². The number of rotatable bonds is 7. The number of carbonyl (C=O) groups excluding carboxylic acids is 1. The lowest BCUT2D eigenvalue weighted by Gasteiger charge is -1.98. The fourth-order valence-corrected chi connectivity index (χ4v) is 1.65. The van der Waals surface area contributed by atoms with E-state index in [9.17, 15) is 4.79 Å². The molecular weight excluding hydrogens is 244 g/mol. The number of carbonyl (C=O) groups is 1. The van der Waals surface area contributed by atoms with Gasteiger partial charge in [-0.2, -0.15) is 0 Å². The lowest BCUT2D eigenvalue weighted by atomic mass is 10.5. The summed E-state index contributed by atoms with van der Waals surface area (Å²) in [7, 11) is 0. The van der Waals surface area contributed by atoms with Gasteiger partial charge in [0.2, 0.25) is 0 Å². The molecule has 7 heteroatoms. The van der Waals surface area contributed by atoms with E-state index in [1.54, 1.807) is 6.92 Å². The van der Waals surface area contributed by atoms with Gasteiger partial charge in [0.25, 0.3) is 5.22 Å². The molecule has 0 N–H and O–H groups in total. The van der Waals surface area contributed by atoms with Crippen molar-refractivity contribution in [2.75, 3.05) is 19.2 Å². The Bertz CT molecular complexity index is 378. The summed E-state index contributed by atoms with van der Waals surface area (Å²) in [6.45, 7) is 2.79. The molecule has 0 amide bonds. The Kier molecular flexibility index (Phi) is 4.38. The summed E-state index contributed by atoms with van der Waals surface area (Å²) in [5.41, 5.74) is 0. The molecule has 0 aromatic carbocycles. The zero-order chi connectivity index (χ0) is 12.1. The van der Waals surface area contributed by atoms with Gasteiger partial charge in [-0.15, -0.1) is 5.10 Å². The summed E-state index contributed by atoms with van der Waals surface area (Å²) in [6, 6.07) is 0. The minimum Gasteiger partial charge on any atom is -0.459 e. The monoisotopic (exact) mass is 258 g/mol. The fraction of sp³-hybridized carbons (Fsp3) is 0.700. The standard InChI is InChI=1S/C10H14N2O4S/c1-2-15-9(13)8-11-12-10(16-8)17-6-14-5-7-3-4-7/h7H,2-6H2,1H3. The van der Waals surface area contributed by atoms with E-state index >= 15 is 0 Å². The lowest BCUT2D eigenvalue weighted by Crippen LogP contribution is -2.04. The summed E-state index contributed by atoms with van der Waals surface area (Å²) in [4.78, 5) is 11.2. The molecule has 2 rings (SSSR count). The molecule has 1 aromatic heterocycles. The van der Waals surface area contributed by atoms with E-state index in [0.29, 0.717) is 11.2 Å². The molecule has 6 nitrogen and oxygen atoms in total. The van der Waals surface area contributed by atoms with Crippen molar-refractivity contribution in [2.45, 2.75) is 25.0 Å². The van der Waals surface area contributed by atoms with E-state index in [0.717, 1.165) is 12.5 Å². The first-order valence-corrected chi connectivity index (χ1v) is 6.49. The first kappa shape index (κ1) is 12.4. The highest BCUT2D eigenvalue weighted by atomic mass is 32.2. The molecule has 1 saturated carbocycles. The molecule has 0 atom stereocenters. The van der Waals surface area contributed by atoms with Crippen molar-refractivity contribution in [1.82, 2.24) is 10.2 Å². The molecule has 94 valence electrons. The average Bonchev–Trinajstić information content (AvgIpc) is 3.02. The van der Waals surface area contributed by atoms with Crippen LogP contribution in [0.3, 0.4) is 0 Å². The Morgan fingerprint density at radius 2 is 2.35 bits per heavy atom. The summed E-state index contributed by atoms with van der Waals surface area (Å²) < 4.78 is 15.2. The van der Waals surface area contributed by atoms with Crippen molar-refractivity contribution in [1.29, 1.82) is 0 Å². The SMILES string of the molecule is CCOC(=O)c1nnc(SCOCC2CC2)o1. The third kappa shape index (κ3) is 4.01. The second-order valence-electron chi connectivity index (χ2n) is 3.67. The molecule has 0 aliphatic heterocycles. The molecule has 1 aromatic rings. The highest BCUT2D eigenvalue weighted by molar-refractivity contribution is 7.98. The number of esters is 1. The lowest BCUT2D eigenvalue weighted by molar-refractivity contribution is 0.0475. The van der Waals surface area contributed by atoms with Crippen LogP contribution in [0, 0.1) is 5.92 Å². The highest BCUT2D eigenvalue weighted by Crippen LogP contribution is 2.29. The van der Waals surface area contributed by atoms with Crippen LogP contribution in [0.5, 0.6) is 0 Å². The van der Waals surface area contributed by atoms with Crippen LogP contribution >= 0.6 is 11.8 Å². The van der Waals surface area contributed by atoms with Crippen molar-refractivity contribution in [3.05, 3.63) is 5.89 Å². The van der Waals surface area contributed by atoms with Gasteiger partial charge in [0.15, 0.2) is 0 Å². The van der Waals surface area contributed by atoms with Gasteiger partial charge in [0.05, 0.1) is 13.2 Å². The van der Waals surface area contributed by atoms with Crippen molar-refractivity contribution in [2.24, 2.45) is 5.92 Å². The topological polar surface area (TPSA) is 74.5 Å². The first-order chi connectivity index (χ1) is 8.29. The van der Waals surface area contributed by atoms with Gasteiger partial charge < -0.3 is 13.9 Å². The number of hydrogen-bond donors (Lipinski definition) is 0. The molecule has 0 spiro atoms. The maximum atomic E-state index is 11.2. The third-order valence-electron chi connectivity index (χ3n) is 2.17. The average molecular weight is 258 g/mol. The van der Waals surface area contributed by atoms with Crippen LogP contribution in [0.25, 0.3) is 0 Å². The maximum absolute atomic E-state index is 11.2. The molecule has 0 saturated heterocycles. The summed E-state index contributed by atoms with van der Waals surface area (Å²) in [6.07, 6.45) is 2.52. The number of hydrogen-bond acceptors (Lipinski definition) is 7. The molecule has 1 aliphatic carbocycles. The van der Waals surface area contributed by atoms with Gasteiger partial charge in [0.1, 0.15) is 5.94 Å². The van der Waals surface area contributed by atoms with E-state index in [1.165, 1.54) is 24.6 Å². The largest absolute Gasteiger partial charge is 0.459 e. The highest BCUT2D eigenvalue weighted by Gasteiger charge is 2.21. The van der Waals surface area contributed by atoms with Gasteiger partial charge in [-0.25, -0.2) is 4.79 Å². The normalized spacial score (nSPS) is 14.9. The molecule has 17 heavy (non-hydrogen) atoms. The van der Waals surface area contributed by atoms with Gasteiger partial charge in [-0.1, -0.05) is 5.10 Å². The smallest absolute Gasteiger partial charge is 0.396 e. The fourth-order valence-electron chi connectivity index (χ4n) is 1.13. The first-order valence-electron chi connectivity index (χ1n) is 5.50. The molecule has 1 fully saturated rings. The predicted octanol–water partition coefficient (Wildman–Crippen LogP) is 1.72. The molecule has 0 unspecified atom stereocenters. The Hall–Kier alpha value is -1.08. The van der Waals surface area contributed by atoms with E-state index < -0.39 is 5.97 Å². The number of ether oxygens (including phenoxy) is 2. The maximum Gasteiger partial charge on any atom is 0.396 e. The summed E-state index contributed by atoms with van der Waals surface area (Å²) >= 11 is 1.28. The van der Waals surface area contributed by atoms with E-state index in [2.05, 4.69) is 10.2 Å². The number of aromatic nitrogens is 2. The molecule has 1 aliphatic rings. The molecule has 0 radical (unpaired) electrons. The number of thioether (sulfide) groups is 1. The Morgan fingerprint density at radius 1 is 1.53 bits per heavy atom. The van der Waals surface area contributed by atoms with E-state index in [4.69, 9.17) is 13.9 Å². The minimum atomic E-state index is -0.592. The quantitative estimate of drug-likeness (QED) is 0.319. The van der Waals surface area contributed by atoms with Crippen molar-refractivity contribution in [3.63, 3.8) is 0 Å². The summed E-state index contributed by atoms with van der Waals surface area (Å²) in [5, 5.41) is 7.63. The van der Waals surface area contributed by atoms with Crippen LogP contribution in [0.1, 0.15) is 30.5 Å². The Labute approximate surface area is 103 Å². The summed E-state index contributed by atoms with van der Waals surface area (Å²) in [5.74, 6) is 0.483. The second kappa shape index (κ2) is 6.02. The van der Waals surface area contributed by atoms with Crippen molar-refractivity contribution in [3.8, 4) is 0 Å². The van der Waals surface area contributed by atoms with Crippen LogP contribution in [0.4, 0.5) is 0 Å².